The van der Waals surface area contributed by atoms with Gasteiger partial charge >= 0.3 is 0 Å². The minimum absolute atomic E-state index is 0.0724. The van der Waals surface area contributed by atoms with Gasteiger partial charge in [-0.1, -0.05) is 36.4 Å². The number of benzene rings is 2. The number of pyridine rings is 2. The predicted molar refractivity (Wildman–Crippen MR) is 152 cm³/mol. The van der Waals surface area contributed by atoms with Gasteiger partial charge in [0.1, 0.15) is 36.5 Å². The summed E-state index contributed by atoms with van der Waals surface area (Å²) in [6.45, 7) is 4.23. The fourth-order valence-electron chi connectivity index (χ4n) is 4.42. The summed E-state index contributed by atoms with van der Waals surface area (Å²) in [5.74, 6) is 0.301. The summed E-state index contributed by atoms with van der Waals surface area (Å²) in [5, 5.41) is 19.0. The van der Waals surface area contributed by atoms with E-state index in [0.29, 0.717) is 12.6 Å². The molecule has 0 bridgehead atoms. The van der Waals surface area contributed by atoms with Gasteiger partial charge in [-0.15, -0.1) is 0 Å². The number of aromatic nitrogens is 2. The van der Waals surface area contributed by atoms with Crippen molar-refractivity contribution < 1.29 is 28.5 Å². The fourth-order valence-corrected chi connectivity index (χ4v) is 4.42. The van der Waals surface area contributed by atoms with Crippen LogP contribution in [-0.4, -0.2) is 36.8 Å². The van der Waals surface area contributed by atoms with Gasteiger partial charge in [-0.2, -0.15) is 20.5 Å². The van der Waals surface area contributed by atoms with Crippen LogP contribution in [0.5, 0.6) is 23.5 Å². The van der Waals surface area contributed by atoms with Gasteiger partial charge in [-0.05, 0) is 59.4 Å². The maximum atomic E-state index is 11.3. The van der Waals surface area contributed by atoms with E-state index in [1.165, 1.54) is 26.4 Å². The van der Waals surface area contributed by atoms with Gasteiger partial charge in [-0.3, -0.25) is 9.59 Å². The molecular weight excluding hydrogens is 536 g/mol. The molecule has 42 heavy (non-hydrogen) atoms. The molecule has 0 aliphatic heterocycles. The molecule has 0 amide bonds. The molecule has 4 rings (SSSR count). The molecule has 0 aliphatic carbocycles. The van der Waals surface area contributed by atoms with Gasteiger partial charge < -0.3 is 18.9 Å². The number of hydrogen-bond donors (Lipinski definition) is 0. The molecule has 210 valence electrons. The Kier molecular flexibility index (Phi) is 9.11. The summed E-state index contributed by atoms with van der Waals surface area (Å²) < 4.78 is 22.1. The van der Waals surface area contributed by atoms with E-state index in [1.54, 1.807) is 0 Å². The van der Waals surface area contributed by atoms with Gasteiger partial charge in [-0.25, -0.2) is 0 Å². The molecule has 0 saturated heterocycles. The van der Waals surface area contributed by atoms with Crippen LogP contribution >= 0.6 is 0 Å². The number of aldehydes is 2. The van der Waals surface area contributed by atoms with E-state index in [4.69, 9.17) is 18.9 Å². The van der Waals surface area contributed by atoms with Crippen molar-refractivity contribution in [2.24, 2.45) is 0 Å². The number of hydrogen-bond acceptors (Lipinski definition) is 10. The van der Waals surface area contributed by atoms with Gasteiger partial charge in [0.15, 0.2) is 12.6 Å². The number of carbonyl (C=O) groups excluding carboxylic acids is 2. The van der Waals surface area contributed by atoms with E-state index in [9.17, 15) is 20.1 Å². The third-order valence-corrected chi connectivity index (χ3v) is 6.75. The van der Waals surface area contributed by atoms with E-state index >= 15 is 0 Å². The molecule has 0 spiro atoms. The fraction of sp³-hybridized carbons (Fsp3) is 0.188. The molecule has 2 aromatic heterocycles. The monoisotopic (exact) mass is 562 g/mol. The lowest BCUT2D eigenvalue weighted by Crippen LogP contribution is -2.06. The topological polar surface area (TPSA) is 144 Å². The van der Waals surface area contributed by atoms with Crippen LogP contribution in [0.2, 0.25) is 0 Å². The second-order valence-corrected chi connectivity index (χ2v) is 9.10. The van der Waals surface area contributed by atoms with Crippen molar-refractivity contribution in [1.82, 2.24) is 9.97 Å². The Labute approximate surface area is 242 Å². The van der Waals surface area contributed by atoms with E-state index in [0.717, 1.165) is 33.4 Å². The van der Waals surface area contributed by atoms with Crippen LogP contribution in [0.4, 0.5) is 0 Å². The van der Waals surface area contributed by atoms with Crippen LogP contribution < -0.4 is 18.9 Å². The first-order chi connectivity index (χ1) is 20.4. The zero-order chi connectivity index (χ0) is 30.2. The number of nitriles is 2. The van der Waals surface area contributed by atoms with Crippen molar-refractivity contribution in [3.63, 3.8) is 0 Å². The van der Waals surface area contributed by atoms with Crippen LogP contribution in [0.25, 0.3) is 11.1 Å². The largest absolute Gasteiger partial charge is 0.480 e. The lowest BCUT2D eigenvalue weighted by Gasteiger charge is -2.17. The zero-order valence-corrected chi connectivity index (χ0v) is 23.4. The summed E-state index contributed by atoms with van der Waals surface area (Å²) >= 11 is 0. The molecule has 0 aliphatic rings. The number of nitrogens with zero attached hydrogens (tertiary/aromatic N) is 4. The zero-order valence-electron chi connectivity index (χ0n) is 23.4. The van der Waals surface area contributed by atoms with Crippen LogP contribution in [0.3, 0.4) is 0 Å². The van der Waals surface area contributed by atoms with Gasteiger partial charge in [0.05, 0.1) is 25.3 Å². The first-order valence-electron chi connectivity index (χ1n) is 12.7. The third-order valence-electron chi connectivity index (χ3n) is 6.75. The highest BCUT2D eigenvalue weighted by atomic mass is 16.5. The SMILES string of the molecule is COc1nc(OCc2cccc(-c3cccc(COc4nc(OC)c(C=O)cc4C#N)c3C)c2C)c(C#N)cc1C=O. The van der Waals surface area contributed by atoms with Gasteiger partial charge in [0, 0.05) is 0 Å². The number of rotatable bonds is 11. The van der Waals surface area contributed by atoms with Crippen molar-refractivity contribution in [2.75, 3.05) is 14.2 Å². The molecule has 2 heterocycles. The maximum absolute atomic E-state index is 11.3. The summed E-state index contributed by atoms with van der Waals surface area (Å²) in [6, 6.07) is 18.5. The molecule has 4 aromatic rings. The second kappa shape index (κ2) is 13.1. The Morgan fingerprint density at radius 3 is 1.43 bits per heavy atom. The van der Waals surface area contributed by atoms with E-state index in [-0.39, 0.29) is 59.0 Å². The van der Waals surface area contributed by atoms with E-state index in [1.807, 2.05) is 62.4 Å². The average Bonchev–Trinajstić information content (AvgIpc) is 3.02. The first-order valence-corrected chi connectivity index (χ1v) is 12.7. The Morgan fingerprint density at radius 1 is 0.690 bits per heavy atom. The smallest absolute Gasteiger partial charge is 0.235 e. The number of ether oxygens (including phenoxy) is 4. The summed E-state index contributed by atoms with van der Waals surface area (Å²) in [6.07, 6.45) is 1.15. The average molecular weight is 563 g/mol. The van der Waals surface area contributed by atoms with Crippen LogP contribution in [0.15, 0.2) is 48.5 Å². The van der Waals surface area contributed by atoms with Crippen molar-refractivity contribution in [3.05, 3.63) is 93.0 Å². The van der Waals surface area contributed by atoms with Crippen molar-refractivity contribution in [2.45, 2.75) is 27.1 Å². The summed E-state index contributed by atoms with van der Waals surface area (Å²) in [7, 11) is 2.78. The molecule has 0 atom stereocenters. The minimum atomic E-state index is 0.0724. The highest BCUT2D eigenvalue weighted by Gasteiger charge is 2.17. The van der Waals surface area contributed by atoms with Crippen LogP contribution in [-0.2, 0) is 13.2 Å². The molecule has 2 aromatic carbocycles. The lowest BCUT2D eigenvalue weighted by atomic mass is 9.92. The highest BCUT2D eigenvalue weighted by molar-refractivity contribution is 5.80. The van der Waals surface area contributed by atoms with Crippen molar-refractivity contribution in [3.8, 4) is 46.8 Å². The number of methoxy groups -OCH3 is 2. The maximum Gasteiger partial charge on any atom is 0.235 e. The van der Waals surface area contributed by atoms with Crippen molar-refractivity contribution >= 4 is 12.6 Å². The Morgan fingerprint density at radius 2 is 1.10 bits per heavy atom. The minimum Gasteiger partial charge on any atom is -0.480 e. The molecule has 0 radical (unpaired) electrons. The van der Waals surface area contributed by atoms with E-state index < -0.39 is 0 Å². The predicted octanol–water partition coefficient (Wildman–Crippen LogP) is 5.30. The third kappa shape index (κ3) is 5.88. The van der Waals surface area contributed by atoms with Gasteiger partial charge in [0.2, 0.25) is 23.5 Å². The Bertz CT molecular complexity index is 1620. The molecule has 10 nitrogen and oxygen atoms in total. The summed E-state index contributed by atoms with van der Waals surface area (Å²) in [4.78, 5) is 31.0. The Hall–Kier alpha value is -5.74. The molecular formula is C32H26N4O6. The first kappa shape index (κ1) is 29.2. The summed E-state index contributed by atoms with van der Waals surface area (Å²) in [5.41, 5.74) is 6.23. The molecule has 0 saturated carbocycles. The van der Waals surface area contributed by atoms with E-state index in [2.05, 4.69) is 9.97 Å². The molecule has 10 heteroatoms. The van der Waals surface area contributed by atoms with Crippen molar-refractivity contribution in [1.29, 1.82) is 10.5 Å². The second-order valence-electron chi connectivity index (χ2n) is 9.10. The molecule has 0 fully saturated rings. The highest BCUT2D eigenvalue weighted by Crippen LogP contribution is 2.32. The molecule has 0 unspecified atom stereocenters. The Balaban J connectivity index is 1.60. The van der Waals surface area contributed by atoms with Gasteiger partial charge in [0.25, 0.3) is 0 Å². The quantitative estimate of drug-likeness (QED) is 0.221. The molecule has 0 N–H and O–H groups in total. The number of carbonyl (C=O) groups is 2. The lowest BCUT2D eigenvalue weighted by molar-refractivity contribution is 0.111. The normalized spacial score (nSPS) is 10.2. The van der Waals surface area contributed by atoms with Crippen LogP contribution in [0.1, 0.15) is 54.1 Å². The standard InChI is InChI=1S/C32H26N4O6/c1-19-21(17-41-31-23(13-33)11-25(15-37)29(35-31)39-3)7-5-9-27(19)28-10-6-8-22(20(28)2)18-42-32-24(14-34)12-26(16-38)30(36-32)40-4/h5-12,15-16H,17-18H2,1-4H3. The van der Waals surface area contributed by atoms with Crippen LogP contribution in [0, 0.1) is 36.5 Å².